The minimum atomic E-state index is -0.335. The number of aryl methyl sites for hydroxylation is 2. The molecule has 0 amide bonds. The Bertz CT molecular complexity index is 524. The van der Waals surface area contributed by atoms with Gasteiger partial charge in [0.05, 0.1) is 16.7 Å². The van der Waals surface area contributed by atoms with Gasteiger partial charge in [-0.25, -0.2) is 14.4 Å². The maximum Gasteiger partial charge on any atom is 0.165 e. The summed E-state index contributed by atoms with van der Waals surface area (Å²) in [5.41, 5.74) is 0.990. The van der Waals surface area contributed by atoms with Crippen molar-refractivity contribution in [1.82, 2.24) is 9.97 Å². The zero-order valence-corrected chi connectivity index (χ0v) is 10.8. The minimum absolute atomic E-state index is 0.00519. The molecule has 1 unspecified atom stereocenters. The normalized spacial score (nSPS) is 12.5. The first-order chi connectivity index (χ1) is 8.08. The van der Waals surface area contributed by atoms with Crippen molar-refractivity contribution in [2.45, 2.75) is 26.8 Å². The zero-order valence-electron chi connectivity index (χ0n) is 9.99. The van der Waals surface area contributed by atoms with E-state index in [1.54, 1.807) is 23.6 Å². The van der Waals surface area contributed by atoms with E-state index in [-0.39, 0.29) is 17.7 Å². The second-order valence-electron chi connectivity index (χ2n) is 3.88. The quantitative estimate of drug-likeness (QED) is 0.907. The van der Waals surface area contributed by atoms with Gasteiger partial charge in [0.1, 0.15) is 0 Å². The van der Waals surface area contributed by atoms with Gasteiger partial charge in [0.2, 0.25) is 0 Å². The molecular formula is C12H14FN3S. The molecule has 0 aliphatic rings. The van der Waals surface area contributed by atoms with E-state index in [4.69, 9.17) is 0 Å². The Kier molecular flexibility index (Phi) is 3.38. The molecule has 0 saturated heterocycles. The fourth-order valence-corrected chi connectivity index (χ4v) is 2.64. The molecule has 0 fully saturated rings. The molecule has 5 heteroatoms. The maximum absolute atomic E-state index is 13.4. The van der Waals surface area contributed by atoms with Crippen molar-refractivity contribution in [3.8, 4) is 0 Å². The average molecular weight is 251 g/mol. The van der Waals surface area contributed by atoms with Gasteiger partial charge < -0.3 is 5.32 Å². The lowest BCUT2D eigenvalue weighted by Crippen LogP contribution is -2.09. The van der Waals surface area contributed by atoms with Crippen molar-refractivity contribution in [3.05, 3.63) is 39.7 Å². The molecule has 0 bridgehead atoms. The number of halogens is 1. The standard InChI is InChI=1S/C12H14FN3S/c1-7-11(17-9(3)15-7)8(2)16-12-10(13)5-4-6-14-12/h4-6,8H,1-3H3,(H,14,16). The Hall–Kier alpha value is -1.49. The van der Waals surface area contributed by atoms with Crippen LogP contribution in [0.15, 0.2) is 18.3 Å². The maximum atomic E-state index is 13.4. The molecule has 0 spiro atoms. The fourth-order valence-electron chi connectivity index (χ4n) is 1.71. The van der Waals surface area contributed by atoms with Gasteiger partial charge in [-0.3, -0.25) is 0 Å². The van der Waals surface area contributed by atoms with Crippen LogP contribution in [0.1, 0.15) is 28.5 Å². The third-order valence-electron chi connectivity index (χ3n) is 2.44. The number of anilines is 1. The van der Waals surface area contributed by atoms with Crippen LogP contribution in [0.5, 0.6) is 0 Å². The van der Waals surface area contributed by atoms with Gasteiger partial charge in [-0.15, -0.1) is 11.3 Å². The van der Waals surface area contributed by atoms with Crippen molar-refractivity contribution in [3.63, 3.8) is 0 Å². The topological polar surface area (TPSA) is 37.8 Å². The molecule has 0 aliphatic heterocycles. The molecule has 0 aromatic carbocycles. The van der Waals surface area contributed by atoms with Crippen LogP contribution in [0.4, 0.5) is 10.2 Å². The number of hydrogen-bond acceptors (Lipinski definition) is 4. The average Bonchev–Trinajstić information content (AvgIpc) is 2.61. The summed E-state index contributed by atoms with van der Waals surface area (Å²) >= 11 is 1.62. The highest BCUT2D eigenvalue weighted by Gasteiger charge is 2.14. The van der Waals surface area contributed by atoms with Crippen LogP contribution >= 0.6 is 11.3 Å². The van der Waals surface area contributed by atoms with Crippen LogP contribution in [0.3, 0.4) is 0 Å². The highest BCUT2D eigenvalue weighted by molar-refractivity contribution is 7.11. The summed E-state index contributed by atoms with van der Waals surface area (Å²) in [5.74, 6) is -0.0521. The predicted octanol–water partition coefficient (Wildman–Crippen LogP) is 3.47. The summed E-state index contributed by atoms with van der Waals surface area (Å²) in [5, 5.41) is 4.09. The molecule has 0 radical (unpaired) electrons. The summed E-state index contributed by atoms with van der Waals surface area (Å²) in [7, 11) is 0. The molecule has 1 N–H and O–H groups in total. The zero-order chi connectivity index (χ0) is 12.4. The monoisotopic (exact) mass is 251 g/mol. The van der Waals surface area contributed by atoms with E-state index in [1.165, 1.54) is 6.07 Å². The summed E-state index contributed by atoms with van der Waals surface area (Å²) < 4.78 is 13.4. The number of nitrogens with one attached hydrogen (secondary N) is 1. The Morgan fingerprint density at radius 1 is 1.41 bits per heavy atom. The number of thiazole rings is 1. The van der Waals surface area contributed by atoms with Crippen molar-refractivity contribution in [1.29, 1.82) is 0 Å². The first kappa shape index (κ1) is 12.0. The number of nitrogens with zero attached hydrogens (tertiary/aromatic N) is 2. The van der Waals surface area contributed by atoms with Crippen molar-refractivity contribution in [2.75, 3.05) is 5.32 Å². The first-order valence-electron chi connectivity index (χ1n) is 5.39. The van der Waals surface area contributed by atoms with E-state index >= 15 is 0 Å². The first-order valence-corrected chi connectivity index (χ1v) is 6.20. The molecule has 90 valence electrons. The molecular weight excluding hydrogens is 237 g/mol. The van der Waals surface area contributed by atoms with Crippen LogP contribution < -0.4 is 5.32 Å². The molecule has 2 rings (SSSR count). The van der Waals surface area contributed by atoms with Crippen LogP contribution in [0.2, 0.25) is 0 Å². The third-order valence-corrected chi connectivity index (χ3v) is 3.70. The van der Waals surface area contributed by atoms with Gasteiger partial charge >= 0.3 is 0 Å². The van der Waals surface area contributed by atoms with E-state index in [2.05, 4.69) is 15.3 Å². The second kappa shape index (κ2) is 4.79. The van der Waals surface area contributed by atoms with Gasteiger partial charge in [0, 0.05) is 11.1 Å². The lowest BCUT2D eigenvalue weighted by Gasteiger charge is -2.13. The Morgan fingerprint density at radius 3 is 2.76 bits per heavy atom. The van der Waals surface area contributed by atoms with E-state index in [1.807, 2.05) is 20.8 Å². The highest BCUT2D eigenvalue weighted by Crippen LogP contribution is 2.27. The predicted molar refractivity (Wildman–Crippen MR) is 67.8 cm³/mol. The molecule has 3 nitrogen and oxygen atoms in total. The summed E-state index contributed by atoms with van der Waals surface area (Å²) in [6.07, 6.45) is 1.57. The fraction of sp³-hybridized carbons (Fsp3) is 0.333. The van der Waals surface area contributed by atoms with Crippen LogP contribution in [0.25, 0.3) is 0 Å². The van der Waals surface area contributed by atoms with E-state index in [0.29, 0.717) is 0 Å². The van der Waals surface area contributed by atoms with E-state index in [9.17, 15) is 4.39 Å². The number of aromatic nitrogens is 2. The Labute approximate surface area is 104 Å². The SMILES string of the molecule is Cc1nc(C)c(C(C)Nc2ncccc2F)s1. The Morgan fingerprint density at radius 2 is 2.18 bits per heavy atom. The molecule has 0 aliphatic carbocycles. The van der Waals surface area contributed by atoms with Gasteiger partial charge in [0.15, 0.2) is 11.6 Å². The molecule has 2 heterocycles. The molecule has 0 saturated carbocycles. The van der Waals surface area contributed by atoms with Gasteiger partial charge in [-0.05, 0) is 32.9 Å². The molecule has 17 heavy (non-hydrogen) atoms. The number of pyridine rings is 1. The smallest absolute Gasteiger partial charge is 0.165 e. The highest BCUT2D eigenvalue weighted by atomic mass is 32.1. The van der Waals surface area contributed by atoms with E-state index in [0.717, 1.165) is 15.6 Å². The van der Waals surface area contributed by atoms with Gasteiger partial charge in [-0.1, -0.05) is 0 Å². The summed E-state index contributed by atoms with van der Waals surface area (Å²) in [6.45, 7) is 5.91. The van der Waals surface area contributed by atoms with Crippen LogP contribution in [0, 0.1) is 19.7 Å². The van der Waals surface area contributed by atoms with Gasteiger partial charge in [0.25, 0.3) is 0 Å². The van der Waals surface area contributed by atoms with Crippen molar-refractivity contribution < 1.29 is 4.39 Å². The third kappa shape index (κ3) is 2.61. The lowest BCUT2D eigenvalue weighted by molar-refractivity contribution is 0.621. The largest absolute Gasteiger partial charge is 0.360 e. The lowest BCUT2D eigenvalue weighted by atomic mass is 10.2. The van der Waals surface area contributed by atoms with Crippen molar-refractivity contribution in [2.24, 2.45) is 0 Å². The van der Waals surface area contributed by atoms with Crippen LogP contribution in [-0.4, -0.2) is 9.97 Å². The summed E-state index contributed by atoms with van der Waals surface area (Å²) in [4.78, 5) is 9.46. The Balaban J connectivity index is 2.20. The second-order valence-corrected chi connectivity index (χ2v) is 5.12. The van der Waals surface area contributed by atoms with E-state index < -0.39 is 0 Å². The summed E-state index contributed by atoms with van der Waals surface area (Å²) in [6, 6.07) is 2.98. The molecule has 2 aromatic rings. The number of hydrogen-bond donors (Lipinski definition) is 1. The molecule has 2 aromatic heterocycles. The van der Waals surface area contributed by atoms with Crippen molar-refractivity contribution >= 4 is 17.2 Å². The minimum Gasteiger partial charge on any atom is -0.360 e. The number of rotatable bonds is 3. The van der Waals surface area contributed by atoms with Gasteiger partial charge in [-0.2, -0.15) is 0 Å². The molecule has 1 atom stereocenters. The van der Waals surface area contributed by atoms with Crippen LogP contribution in [-0.2, 0) is 0 Å².